The maximum atomic E-state index is 11.7. The van der Waals surface area contributed by atoms with E-state index in [1.807, 2.05) is 42.2 Å². The maximum absolute atomic E-state index is 11.7. The number of anilines is 1. The van der Waals surface area contributed by atoms with Crippen LogP contribution in [0, 0.1) is 6.92 Å². The molecule has 37 heavy (non-hydrogen) atoms. The second-order valence-electron chi connectivity index (χ2n) is 9.39. The molecule has 196 valence electrons. The van der Waals surface area contributed by atoms with Crippen LogP contribution in [0.4, 0.5) is 5.82 Å². The van der Waals surface area contributed by atoms with Crippen molar-refractivity contribution in [3.8, 4) is 11.4 Å². The molecule has 0 amide bonds. The number of nitrogens with one attached hydrogen (secondary N) is 2. The van der Waals surface area contributed by atoms with E-state index in [4.69, 9.17) is 9.52 Å². The standard InChI is InChI=1S/C24H30N8O4S/c1-16-13-23(29-28-16)26-22-14-17(7-6-12-37(2,34)35)32(33)24(27-22)31-11-5-9-20(31)21-15-19(30-36-21)18-8-3-4-10-25-18/h3-4,8,10,13-15,17,20,33H,5-7,9,11-12H2,1-2H3,(H2,26,28,29)/t17-,20?/m0/s1. The number of hydroxylamine groups is 2. The molecule has 12 nitrogen and oxygen atoms in total. The van der Waals surface area contributed by atoms with E-state index in [-0.39, 0.29) is 11.8 Å². The van der Waals surface area contributed by atoms with Crippen molar-refractivity contribution in [2.24, 2.45) is 4.99 Å². The third-order valence-electron chi connectivity index (χ3n) is 6.36. The topological polar surface area (TPSA) is 153 Å². The Kier molecular flexibility index (Phi) is 6.98. The van der Waals surface area contributed by atoms with Gasteiger partial charge in [0.25, 0.3) is 0 Å². The van der Waals surface area contributed by atoms with Gasteiger partial charge in [0.2, 0.25) is 5.96 Å². The molecule has 0 bridgehead atoms. The molecule has 3 aromatic rings. The first kappa shape index (κ1) is 25.0. The maximum Gasteiger partial charge on any atom is 0.228 e. The highest BCUT2D eigenvalue weighted by molar-refractivity contribution is 7.90. The zero-order valence-electron chi connectivity index (χ0n) is 20.7. The Morgan fingerprint density at radius 2 is 2.14 bits per heavy atom. The minimum Gasteiger partial charge on any atom is -0.358 e. The minimum absolute atomic E-state index is 0.0414. The summed E-state index contributed by atoms with van der Waals surface area (Å²) in [5, 5.41) is 26.9. The molecule has 0 aliphatic carbocycles. The van der Waals surface area contributed by atoms with Gasteiger partial charge >= 0.3 is 0 Å². The molecule has 1 unspecified atom stereocenters. The lowest BCUT2D eigenvalue weighted by Crippen LogP contribution is -2.49. The Labute approximate surface area is 215 Å². The van der Waals surface area contributed by atoms with E-state index < -0.39 is 15.9 Å². The van der Waals surface area contributed by atoms with Crippen LogP contribution in [0.3, 0.4) is 0 Å². The molecule has 0 saturated carbocycles. The van der Waals surface area contributed by atoms with Crippen molar-refractivity contribution in [2.75, 3.05) is 23.9 Å². The summed E-state index contributed by atoms with van der Waals surface area (Å²) >= 11 is 0. The van der Waals surface area contributed by atoms with Crippen molar-refractivity contribution < 1.29 is 18.1 Å². The highest BCUT2D eigenvalue weighted by Gasteiger charge is 2.37. The van der Waals surface area contributed by atoms with Gasteiger partial charge in [-0.2, -0.15) is 10.1 Å². The van der Waals surface area contributed by atoms with Crippen LogP contribution in [0.15, 0.2) is 57.9 Å². The SMILES string of the molecule is Cc1cc(NC2=C[C@H](CCCS(C)(=O)=O)N(O)C(N3CCCC3c3cc(-c4ccccn4)no3)=N2)n[nH]1. The average molecular weight is 527 g/mol. The number of likely N-dealkylation sites (tertiary alicyclic amines) is 1. The van der Waals surface area contributed by atoms with Crippen LogP contribution < -0.4 is 5.32 Å². The second kappa shape index (κ2) is 10.3. The third-order valence-corrected chi connectivity index (χ3v) is 7.39. The summed E-state index contributed by atoms with van der Waals surface area (Å²) in [6.45, 7) is 2.56. The normalized spacial score (nSPS) is 20.2. The monoisotopic (exact) mass is 526 g/mol. The molecule has 2 aliphatic heterocycles. The molecule has 5 heterocycles. The van der Waals surface area contributed by atoms with Gasteiger partial charge in [-0.1, -0.05) is 11.2 Å². The molecule has 3 aromatic heterocycles. The minimum atomic E-state index is -3.11. The quantitative estimate of drug-likeness (QED) is 0.399. The van der Waals surface area contributed by atoms with Crippen molar-refractivity contribution in [3.63, 3.8) is 0 Å². The number of hydrogen-bond acceptors (Lipinski definition) is 11. The molecular formula is C24H30N8O4S. The van der Waals surface area contributed by atoms with E-state index in [1.54, 1.807) is 12.3 Å². The Morgan fingerprint density at radius 3 is 2.86 bits per heavy atom. The summed E-state index contributed by atoms with van der Waals surface area (Å²) in [6.07, 6.45) is 7.21. The lowest BCUT2D eigenvalue weighted by molar-refractivity contribution is -0.0571. The number of sulfone groups is 1. The van der Waals surface area contributed by atoms with Gasteiger partial charge < -0.3 is 14.7 Å². The number of aromatic amines is 1. The fraction of sp³-hybridized carbons (Fsp3) is 0.417. The number of guanidine groups is 1. The first-order chi connectivity index (χ1) is 17.8. The molecule has 3 N–H and O–H groups in total. The van der Waals surface area contributed by atoms with Crippen molar-refractivity contribution >= 4 is 21.6 Å². The third kappa shape index (κ3) is 5.83. The molecule has 1 saturated heterocycles. The number of nitrogens with zero attached hydrogens (tertiary/aromatic N) is 6. The predicted molar refractivity (Wildman–Crippen MR) is 137 cm³/mol. The van der Waals surface area contributed by atoms with Gasteiger partial charge in [-0.05, 0) is 50.8 Å². The summed E-state index contributed by atoms with van der Waals surface area (Å²) in [5.74, 6) is 2.18. The van der Waals surface area contributed by atoms with E-state index in [9.17, 15) is 13.6 Å². The largest absolute Gasteiger partial charge is 0.358 e. The van der Waals surface area contributed by atoms with E-state index >= 15 is 0 Å². The number of hydrogen-bond donors (Lipinski definition) is 3. The Balaban J connectivity index is 1.41. The second-order valence-corrected chi connectivity index (χ2v) is 11.6. The van der Waals surface area contributed by atoms with Crippen molar-refractivity contribution in [2.45, 2.75) is 44.7 Å². The number of H-pyrrole nitrogens is 1. The van der Waals surface area contributed by atoms with E-state index in [0.717, 1.165) is 29.3 Å². The summed E-state index contributed by atoms with van der Waals surface area (Å²) in [7, 11) is -3.11. The first-order valence-electron chi connectivity index (χ1n) is 12.2. The lowest BCUT2D eigenvalue weighted by Gasteiger charge is -2.36. The van der Waals surface area contributed by atoms with Gasteiger partial charge in [-0.25, -0.2) is 13.5 Å². The molecule has 5 rings (SSSR count). The van der Waals surface area contributed by atoms with Crippen LogP contribution >= 0.6 is 0 Å². The first-order valence-corrected chi connectivity index (χ1v) is 14.2. The highest BCUT2D eigenvalue weighted by Crippen LogP contribution is 2.36. The van der Waals surface area contributed by atoms with Crippen LogP contribution in [0.5, 0.6) is 0 Å². The zero-order chi connectivity index (χ0) is 26.0. The van der Waals surface area contributed by atoms with Crippen LogP contribution in [0.2, 0.25) is 0 Å². The molecule has 2 atom stereocenters. The summed E-state index contributed by atoms with van der Waals surface area (Å²) in [4.78, 5) is 11.1. The van der Waals surface area contributed by atoms with Crippen molar-refractivity contribution in [1.82, 2.24) is 30.3 Å². The van der Waals surface area contributed by atoms with Crippen LogP contribution in [-0.2, 0) is 9.84 Å². The van der Waals surface area contributed by atoms with Gasteiger partial charge in [0, 0.05) is 42.6 Å². The molecule has 0 aromatic carbocycles. The van der Waals surface area contributed by atoms with E-state index in [1.165, 1.54) is 6.26 Å². The smallest absolute Gasteiger partial charge is 0.228 e. The van der Waals surface area contributed by atoms with Crippen LogP contribution in [-0.4, -0.2) is 74.5 Å². The lowest BCUT2D eigenvalue weighted by atomic mass is 10.1. The number of aliphatic imine (C=N–C) groups is 1. The average Bonchev–Trinajstić information content (AvgIpc) is 3.61. The summed E-state index contributed by atoms with van der Waals surface area (Å²) < 4.78 is 29.1. The van der Waals surface area contributed by atoms with E-state index in [2.05, 4.69) is 25.7 Å². The molecule has 2 aliphatic rings. The van der Waals surface area contributed by atoms with Crippen molar-refractivity contribution in [3.05, 3.63) is 59.9 Å². The van der Waals surface area contributed by atoms with Crippen molar-refractivity contribution in [1.29, 1.82) is 0 Å². The van der Waals surface area contributed by atoms with Gasteiger partial charge in [-0.15, -0.1) is 0 Å². The fourth-order valence-corrected chi connectivity index (χ4v) is 5.31. The highest BCUT2D eigenvalue weighted by atomic mass is 32.2. The summed E-state index contributed by atoms with van der Waals surface area (Å²) in [5.41, 5.74) is 2.25. The number of pyridine rings is 1. The summed E-state index contributed by atoms with van der Waals surface area (Å²) in [6, 6.07) is 8.68. The number of aromatic nitrogens is 4. The Morgan fingerprint density at radius 1 is 1.27 bits per heavy atom. The Bertz CT molecular complexity index is 1400. The fourth-order valence-electron chi connectivity index (χ4n) is 4.62. The van der Waals surface area contributed by atoms with Gasteiger partial charge in [-0.3, -0.25) is 15.3 Å². The van der Waals surface area contributed by atoms with Gasteiger partial charge in [0.05, 0.1) is 17.8 Å². The Hall–Kier alpha value is -3.71. The molecule has 0 radical (unpaired) electrons. The molecule has 13 heteroatoms. The number of rotatable bonds is 8. The molecular weight excluding hydrogens is 496 g/mol. The number of aryl methyl sites for hydroxylation is 1. The van der Waals surface area contributed by atoms with Gasteiger partial charge in [0.15, 0.2) is 11.6 Å². The molecule has 0 spiro atoms. The van der Waals surface area contributed by atoms with Crippen LogP contribution in [0.25, 0.3) is 11.4 Å². The molecule has 1 fully saturated rings. The van der Waals surface area contributed by atoms with Crippen LogP contribution in [0.1, 0.15) is 43.2 Å². The zero-order valence-corrected chi connectivity index (χ0v) is 21.5. The predicted octanol–water partition coefficient (Wildman–Crippen LogP) is 3.11. The van der Waals surface area contributed by atoms with E-state index in [0.29, 0.717) is 48.4 Å². The van der Waals surface area contributed by atoms with Gasteiger partial charge in [0.1, 0.15) is 21.4 Å².